The molecule has 0 atom stereocenters. The first-order valence-corrected chi connectivity index (χ1v) is 7.29. The molecule has 0 aliphatic rings. The Bertz CT molecular complexity index is 566. The highest BCUT2D eigenvalue weighted by atomic mass is 16.6. The fraction of sp³-hybridized carbons (Fsp3) is 0.438. The number of hydrazine groups is 1. The molecule has 7 nitrogen and oxygen atoms in total. The smallest absolute Gasteiger partial charge is 0.436 e. The third-order valence-electron chi connectivity index (χ3n) is 2.57. The molecular weight excluding hydrogens is 300 g/mol. The molecule has 0 bridgehead atoms. The van der Waals surface area contributed by atoms with Gasteiger partial charge in [0.1, 0.15) is 0 Å². The first-order chi connectivity index (χ1) is 10.7. The van der Waals surface area contributed by atoms with Crippen molar-refractivity contribution in [3.8, 4) is 0 Å². The van der Waals surface area contributed by atoms with Crippen LogP contribution in [0.4, 0.5) is 9.59 Å². The van der Waals surface area contributed by atoms with Gasteiger partial charge in [-0.25, -0.2) is 15.0 Å². The van der Waals surface area contributed by atoms with E-state index in [-0.39, 0.29) is 5.56 Å². The zero-order valence-electron chi connectivity index (χ0n) is 14.0. The molecule has 1 aromatic rings. The van der Waals surface area contributed by atoms with Crippen LogP contribution in [0.5, 0.6) is 0 Å². The average Bonchev–Trinajstić information content (AvgIpc) is 2.43. The molecule has 0 spiro atoms. The number of rotatable bonds is 3. The van der Waals surface area contributed by atoms with E-state index in [4.69, 9.17) is 9.47 Å². The number of nitrogens with one attached hydrogen (secondary N) is 1. The van der Waals surface area contributed by atoms with Crippen LogP contribution < -0.4 is 5.43 Å². The monoisotopic (exact) mass is 322 g/mol. The number of benzene rings is 1. The van der Waals surface area contributed by atoms with Crippen LogP contribution in [0.2, 0.25) is 0 Å². The third kappa shape index (κ3) is 5.98. The lowest BCUT2D eigenvalue weighted by Crippen LogP contribution is -2.51. The molecule has 0 radical (unpaired) electrons. The Morgan fingerprint density at radius 1 is 0.957 bits per heavy atom. The molecule has 0 saturated heterocycles. The maximum absolute atomic E-state index is 12.5. The van der Waals surface area contributed by atoms with E-state index >= 15 is 0 Å². The van der Waals surface area contributed by atoms with E-state index in [1.54, 1.807) is 52.0 Å². The minimum Gasteiger partial charge on any atom is -0.446 e. The lowest BCUT2D eigenvalue weighted by molar-refractivity contribution is 0.0383. The van der Waals surface area contributed by atoms with Gasteiger partial charge in [0.25, 0.3) is 5.91 Å². The number of carbonyl (C=O) groups is 3. The maximum atomic E-state index is 12.5. The molecule has 1 rings (SSSR count). The minimum atomic E-state index is -0.980. The van der Waals surface area contributed by atoms with Crippen LogP contribution in [-0.2, 0) is 9.47 Å². The van der Waals surface area contributed by atoms with Crippen molar-refractivity contribution < 1.29 is 23.9 Å². The van der Waals surface area contributed by atoms with Gasteiger partial charge in [0, 0.05) is 5.56 Å². The summed E-state index contributed by atoms with van der Waals surface area (Å²) < 4.78 is 9.87. The van der Waals surface area contributed by atoms with Gasteiger partial charge in [0.2, 0.25) is 0 Å². The number of amides is 3. The Labute approximate surface area is 135 Å². The highest BCUT2D eigenvalue weighted by Crippen LogP contribution is 2.08. The van der Waals surface area contributed by atoms with Gasteiger partial charge in [-0.05, 0) is 46.8 Å². The Morgan fingerprint density at radius 3 is 1.96 bits per heavy atom. The largest absolute Gasteiger partial charge is 0.446 e. The molecule has 0 aliphatic carbocycles. The summed E-state index contributed by atoms with van der Waals surface area (Å²) in [6, 6.07) is 6.57. The second-order valence-electron chi connectivity index (χ2n) is 5.50. The van der Waals surface area contributed by atoms with Gasteiger partial charge in [-0.2, -0.15) is 0 Å². The number of aryl methyl sites for hydroxylation is 1. The topological polar surface area (TPSA) is 84.9 Å². The van der Waals surface area contributed by atoms with Crippen LogP contribution in [0.3, 0.4) is 0 Å². The summed E-state index contributed by atoms with van der Waals surface area (Å²) in [5.74, 6) is -0.712. The lowest BCUT2D eigenvalue weighted by atomic mass is 10.1. The zero-order valence-corrected chi connectivity index (χ0v) is 14.0. The van der Waals surface area contributed by atoms with Crippen molar-refractivity contribution in [2.45, 2.75) is 46.8 Å². The van der Waals surface area contributed by atoms with Gasteiger partial charge in [-0.1, -0.05) is 17.7 Å². The second kappa shape index (κ2) is 8.17. The predicted octanol–water partition coefficient (Wildman–Crippen LogP) is 3.03. The number of hydrogen-bond acceptors (Lipinski definition) is 5. The normalized spacial score (nSPS) is 10.4. The summed E-state index contributed by atoms with van der Waals surface area (Å²) >= 11 is 0. The van der Waals surface area contributed by atoms with Gasteiger partial charge >= 0.3 is 12.2 Å². The van der Waals surface area contributed by atoms with Gasteiger partial charge in [-0.3, -0.25) is 4.79 Å². The molecule has 0 heterocycles. The first kappa shape index (κ1) is 18.5. The van der Waals surface area contributed by atoms with Crippen LogP contribution in [0.1, 0.15) is 43.6 Å². The number of carbonyl (C=O) groups excluding carboxylic acids is 3. The van der Waals surface area contributed by atoms with Crippen molar-refractivity contribution >= 4 is 18.1 Å². The Hall–Kier alpha value is -2.57. The molecule has 1 N–H and O–H groups in total. The summed E-state index contributed by atoms with van der Waals surface area (Å²) in [6.07, 6.45) is -2.74. The van der Waals surface area contributed by atoms with E-state index in [0.717, 1.165) is 5.56 Å². The summed E-state index contributed by atoms with van der Waals surface area (Å²) in [7, 11) is 0. The third-order valence-corrected chi connectivity index (χ3v) is 2.57. The summed E-state index contributed by atoms with van der Waals surface area (Å²) in [4.78, 5) is 36.2. The molecule has 0 aliphatic heterocycles. The van der Waals surface area contributed by atoms with Crippen molar-refractivity contribution in [3.05, 3.63) is 35.4 Å². The molecule has 1 aromatic carbocycles. The highest BCUT2D eigenvalue weighted by molar-refractivity contribution is 6.03. The Balaban J connectivity index is 2.97. The van der Waals surface area contributed by atoms with Crippen molar-refractivity contribution in [2.24, 2.45) is 0 Å². The van der Waals surface area contributed by atoms with E-state index in [2.05, 4.69) is 5.43 Å². The number of hydrogen-bond donors (Lipinski definition) is 1. The molecule has 3 amide bonds. The van der Waals surface area contributed by atoms with Crippen molar-refractivity contribution in [1.29, 1.82) is 0 Å². The summed E-state index contributed by atoms with van der Waals surface area (Å²) in [6.45, 7) is 8.45. The molecule has 0 saturated carbocycles. The molecule has 126 valence electrons. The van der Waals surface area contributed by atoms with Crippen molar-refractivity contribution in [1.82, 2.24) is 10.4 Å². The number of nitrogens with zero attached hydrogens (tertiary/aromatic N) is 1. The lowest BCUT2D eigenvalue weighted by Gasteiger charge is -2.22. The van der Waals surface area contributed by atoms with Crippen LogP contribution >= 0.6 is 0 Å². The molecule has 0 unspecified atom stereocenters. The molecule has 23 heavy (non-hydrogen) atoms. The van der Waals surface area contributed by atoms with E-state index < -0.39 is 30.3 Å². The SMILES string of the molecule is Cc1ccc(C(=O)N(NC(=O)OC(C)C)C(=O)OC(C)C)cc1. The van der Waals surface area contributed by atoms with Crippen molar-refractivity contribution in [3.63, 3.8) is 0 Å². The van der Waals surface area contributed by atoms with E-state index in [1.807, 2.05) is 6.92 Å². The van der Waals surface area contributed by atoms with Crippen LogP contribution in [-0.4, -0.2) is 35.3 Å². The number of ether oxygens (including phenoxy) is 2. The minimum absolute atomic E-state index is 0.237. The molecule has 0 aromatic heterocycles. The van der Waals surface area contributed by atoms with Gasteiger partial charge in [0.05, 0.1) is 12.2 Å². The maximum Gasteiger partial charge on any atom is 0.436 e. The predicted molar refractivity (Wildman–Crippen MR) is 83.7 cm³/mol. The van der Waals surface area contributed by atoms with E-state index in [0.29, 0.717) is 5.01 Å². The Kier molecular flexibility index (Phi) is 6.56. The molecule has 0 fully saturated rings. The Morgan fingerprint density at radius 2 is 1.48 bits per heavy atom. The van der Waals surface area contributed by atoms with Gasteiger partial charge in [-0.15, -0.1) is 5.01 Å². The second-order valence-corrected chi connectivity index (χ2v) is 5.50. The standard InChI is InChI=1S/C16H22N2O5/c1-10(2)22-15(20)17-18(16(21)23-11(3)4)14(19)13-8-6-12(5)7-9-13/h6-11H,1-5H3,(H,17,20). The van der Waals surface area contributed by atoms with Crippen LogP contribution in [0, 0.1) is 6.92 Å². The van der Waals surface area contributed by atoms with Crippen molar-refractivity contribution in [2.75, 3.05) is 0 Å². The molecular formula is C16H22N2O5. The van der Waals surface area contributed by atoms with E-state index in [9.17, 15) is 14.4 Å². The van der Waals surface area contributed by atoms with Gasteiger partial charge < -0.3 is 9.47 Å². The summed E-state index contributed by atoms with van der Waals surface area (Å²) in [5, 5.41) is 0.509. The van der Waals surface area contributed by atoms with E-state index in [1.165, 1.54) is 0 Å². The van der Waals surface area contributed by atoms with Gasteiger partial charge in [0.15, 0.2) is 0 Å². The average molecular weight is 322 g/mol. The summed E-state index contributed by atoms with van der Waals surface area (Å²) in [5.41, 5.74) is 3.31. The zero-order chi connectivity index (χ0) is 17.6. The number of imide groups is 1. The quantitative estimate of drug-likeness (QED) is 0.865. The fourth-order valence-corrected chi connectivity index (χ4v) is 1.59. The highest BCUT2D eigenvalue weighted by Gasteiger charge is 2.28. The van der Waals surface area contributed by atoms with Crippen LogP contribution in [0.15, 0.2) is 24.3 Å². The molecule has 7 heteroatoms. The first-order valence-electron chi connectivity index (χ1n) is 7.29. The fourth-order valence-electron chi connectivity index (χ4n) is 1.59. The van der Waals surface area contributed by atoms with Crippen LogP contribution in [0.25, 0.3) is 0 Å².